The summed E-state index contributed by atoms with van der Waals surface area (Å²) in [6.45, 7) is 4.82. The second-order valence-electron chi connectivity index (χ2n) is 18.9. The number of phosphoric ester groups is 1. The Kier molecular flexibility index (Phi) is 43.0. The van der Waals surface area contributed by atoms with E-state index in [4.69, 9.17) is 9.05 Å². The maximum atomic E-state index is 12.9. The van der Waals surface area contributed by atoms with Crippen molar-refractivity contribution < 1.29 is 32.9 Å². The maximum absolute atomic E-state index is 12.9. The predicted molar refractivity (Wildman–Crippen MR) is 263 cm³/mol. The third-order valence-electron chi connectivity index (χ3n) is 11.6. The summed E-state index contributed by atoms with van der Waals surface area (Å²) in [4.78, 5) is 23.2. The fourth-order valence-electron chi connectivity index (χ4n) is 7.48. The molecule has 0 saturated heterocycles. The smallest absolute Gasteiger partial charge is 0.387 e. The molecule has 0 aromatic heterocycles. The molecule has 0 bridgehead atoms. The molecule has 0 aliphatic rings. The molecule has 0 aromatic carbocycles. The molecular weight excluding hydrogens is 780 g/mol. The van der Waals surface area contributed by atoms with Crippen molar-refractivity contribution >= 4 is 13.7 Å². The zero-order valence-corrected chi connectivity index (χ0v) is 41.8. The maximum Gasteiger partial charge on any atom is 0.472 e. The van der Waals surface area contributed by atoms with Gasteiger partial charge in [-0.25, -0.2) is 4.57 Å². The summed E-state index contributed by atoms with van der Waals surface area (Å²) in [5.41, 5.74) is 0. The number of hydrogen-bond acceptors (Lipinski definition) is 5. The van der Waals surface area contributed by atoms with Crippen LogP contribution in [-0.4, -0.2) is 73.4 Å². The Bertz CT molecular complexity index is 1090. The molecule has 0 aromatic rings. The summed E-state index contributed by atoms with van der Waals surface area (Å²) in [6.07, 6.45) is 55.1. The summed E-state index contributed by atoms with van der Waals surface area (Å²) < 4.78 is 23.6. The number of hydrogen-bond donors (Lipinski definition) is 3. The van der Waals surface area contributed by atoms with Crippen LogP contribution in [0.3, 0.4) is 0 Å². The minimum absolute atomic E-state index is 0.0607. The van der Waals surface area contributed by atoms with Gasteiger partial charge in [-0.2, -0.15) is 0 Å². The number of unbranched alkanes of at least 4 members (excludes halogenated alkanes) is 30. The van der Waals surface area contributed by atoms with Crippen LogP contribution in [0.15, 0.2) is 36.5 Å². The second-order valence-corrected chi connectivity index (χ2v) is 20.4. The third-order valence-corrected chi connectivity index (χ3v) is 12.6. The Balaban J connectivity index is 4.24. The molecule has 8 nitrogen and oxygen atoms in total. The van der Waals surface area contributed by atoms with E-state index in [0.717, 1.165) is 44.9 Å². The number of carbonyl (C=O) groups is 1. The number of rotatable bonds is 47. The lowest BCUT2D eigenvalue weighted by Crippen LogP contribution is -2.45. The van der Waals surface area contributed by atoms with E-state index in [9.17, 15) is 19.4 Å². The molecule has 3 unspecified atom stereocenters. The molecule has 0 spiro atoms. The number of nitrogens with zero attached hydrogens (tertiary/aromatic N) is 1. The van der Waals surface area contributed by atoms with Crippen LogP contribution in [-0.2, 0) is 18.4 Å². The summed E-state index contributed by atoms with van der Waals surface area (Å²) in [7, 11) is 1.57. The summed E-state index contributed by atoms with van der Waals surface area (Å²) in [5.74, 6) is -0.181. The lowest BCUT2D eigenvalue weighted by Gasteiger charge is -2.25. The van der Waals surface area contributed by atoms with E-state index in [0.29, 0.717) is 17.4 Å². The zero-order chi connectivity index (χ0) is 45.0. The highest BCUT2D eigenvalue weighted by Crippen LogP contribution is 2.43. The highest BCUT2D eigenvalue weighted by Gasteiger charge is 2.27. The molecular formula is C52H102N2O6P+. The van der Waals surface area contributed by atoms with Gasteiger partial charge in [0.1, 0.15) is 13.2 Å². The zero-order valence-electron chi connectivity index (χ0n) is 40.9. The first-order valence-corrected chi connectivity index (χ1v) is 27.4. The number of aliphatic hydroxyl groups is 1. The minimum atomic E-state index is -4.34. The van der Waals surface area contributed by atoms with Crippen molar-refractivity contribution in [3.8, 4) is 0 Å². The molecule has 0 radical (unpaired) electrons. The summed E-state index contributed by atoms with van der Waals surface area (Å²) in [5, 5.41) is 13.9. The fraction of sp³-hybridized carbons (Fsp3) is 0.865. The molecule has 0 rings (SSSR count). The molecule has 3 atom stereocenters. The predicted octanol–water partition coefficient (Wildman–Crippen LogP) is 15.0. The van der Waals surface area contributed by atoms with Crippen LogP contribution in [0, 0.1) is 0 Å². The average Bonchev–Trinajstić information content (AvgIpc) is 3.21. The van der Waals surface area contributed by atoms with Gasteiger partial charge in [-0.3, -0.25) is 13.8 Å². The van der Waals surface area contributed by atoms with Crippen LogP contribution in [0.4, 0.5) is 0 Å². The van der Waals surface area contributed by atoms with Crippen LogP contribution in [0.25, 0.3) is 0 Å². The van der Waals surface area contributed by atoms with Gasteiger partial charge in [-0.15, -0.1) is 0 Å². The van der Waals surface area contributed by atoms with Crippen molar-refractivity contribution in [1.29, 1.82) is 0 Å². The Morgan fingerprint density at radius 2 is 0.934 bits per heavy atom. The van der Waals surface area contributed by atoms with Crippen LogP contribution in [0.1, 0.15) is 239 Å². The van der Waals surface area contributed by atoms with Crippen LogP contribution in [0.2, 0.25) is 0 Å². The molecule has 0 aliphatic heterocycles. The highest BCUT2D eigenvalue weighted by atomic mass is 31.2. The fourth-order valence-corrected chi connectivity index (χ4v) is 8.22. The van der Waals surface area contributed by atoms with Crippen LogP contribution in [0.5, 0.6) is 0 Å². The minimum Gasteiger partial charge on any atom is -0.387 e. The van der Waals surface area contributed by atoms with E-state index in [1.807, 2.05) is 27.2 Å². The van der Waals surface area contributed by atoms with Gasteiger partial charge in [0.25, 0.3) is 0 Å². The molecule has 0 fully saturated rings. The van der Waals surface area contributed by atoms with E-state index in [1.165, 1.54) is 173 Å². The molecule has 9 heteroatoms. The normalized spacial score (nSPS) is 14.4. The van der Waals surface area contributed by atoms with Gasteiger partial charge in [0.05, 0.1) is 39.9 Å². The quantitative estimate of drug-likeness (QED) is 0.0243. The van der Waals surface area contributed by atoms with Crippen LogP contribution >= 0.6 is 7.82 Å². The van der Waals surface area contributed by atoms with E-state index in [-0.39, 0.29) is 19.1 Å². The second kappa shape index (κ2) is 43.9. The molecule has 0 heterocycles. The highest BCUT2D eigenvalue weighted by molar-refractivity contribution is 7.47. The van der Waals surface area contributed by atoms with Gasteiger partial charge in [0.2, 0.25) is 5.91 Å². The topological polar surface area (TPSA) is 105 Å². The SMILES string of the molecule is CCCCCCCCCCC/C=C\C/C=C\CCCCCCCCCCCC(=O)NC(COP(=O)(O)OCC[N+](C)(C)C)C(O)/C=C/CCCCCCCCCCCCCC. The lowest BCUT2D eigenvalue weighted by atomic mass is 10.0. The first kappa shape index (κ1) is 59.7. The standard InChI is InChI=1S/C52H101N2O6P/c1-6-8-10-12-14-16-18-20-22-23-24-25-26-27-28-29-30-31-32-34-36-38-40-42-44-46-52(56)53-50(49-60-61(57,58)59-48-47-54(3,4)5)51(55)45-43-41-39-37-35-33-21-19-17-15-13-11-9-7-2/h24-25,27-28,43,45,50-51,55H,6-23,26,29-42,44,46-49H2,1-5H3,(H-,53,56,57,58)/p+1/b25-24-,28-27-,45-43+. The number of carbonyl (C=O) groups excluding carboxylic acids is 1. The van der Waals surface area contributed by atoms with Gasteiger partial charge in [-0.1, -0.05) is 217 Å². The van der Waals surface area contributed by atoms with Gasteiger partial charge < -0.3 is 19.8 Å². The average molecular weight is 882 g/mol. The van der Waals surface area contributed by atoms with E-state index in [2.05, 4.69) is 43.5 Å². The molecule has 0 saturated carbocycles. The number of allylic oxidation sites excluding steroid dienone is 5. The molecule has 360 valence electrons. The van der Waals surface area contributed by atoms with Crippen molar-refractivity contribution in [2.24, 2.45) is 0 Å². The van der Waals surface area contributed by atoms with E-state index >= 15 is 0 Å². The molecule has 0 aliphatic carbocycles. The monoisotopic (exact) mass is 882 g/mol. The largest absolute Gasteiger partial charge is 0.472 e. The Morgan fingerprint density at radius 3 is 1.34 bits per heavy atom. The number of aliphatic hydroxyl groups excluding tert-OH is 1. The molecule has 3 N–H and O–H groups in total. The summed E-state index contributed by atoms with van der Waals surface area (Å²) >= 11 is 0. The first-order chi connectivity index (χ1) is 29.5. The lowest BCUT2D eigenvalue weighted by molar-refractivity contribution is -0.870. The first-order valence-electron chi connectivity index (χ1n) is 25.9. The molecule has 61 heavy (non-hydrogen) atoms. The van der Waals surface area contributed by atoms with Gasteiger partial charge >= 0.3 is 7.82 Å². The van der Waals surface area contributed by atoms with Gasteiger partial charge in [0.15, 0.2) is 0 Å². The van der Waals surface area contributed by atoms with Gasteiger partial charge in [0, 0.05) is 6.42 Å². The van der Waals surface area contributed by atoms with Gasteiger partial charge in [-0.05, 0) is 51.4 Å². The Hall–Kier alpha value is -1.28. The van der Waals surface area contributed by atoms with Crippen LogP contribution < -0.4 is 5.32 Å². The van der Waals surface area contributed by atoms with Crippen molar-refractivity contribution in [2.45, 2.75) is 251 Å². The molecule has 1 amide bonds. The van der Waals surface area contributed by atoms with Crippen molar-refractivity contribution in [2.75, 3.05) is 40.9 Å². The number of amides is 1. The number of phosphoric acid groups is 1. The third kappa shape index (κ3) is 46.5. The van der Waals surface area contributed by atoms with Crippen molar-refractivity contribution in [3.63, 3.8) is 0 Å². The summed E-state index contributed by atoms with van der Waals surface area (Å²) in [6, 6.07) is -0.847. The Labute approximate surface area is 378 Å². The van der Waals surface area contributed by atoms with E-state index in [1.54, 1.807) is 6.08 Å². The van der Waals surface area contributed by atoms with Crippen molar-refractivity contribution in [3.05, 3.63) is 36.5 Å². The Morgan fingerprint density at radius 1 is 0.557 bits per heavy atom. The van der Waals surface area contributed by atoms with Crippen molar-refractivity contribution in [1.82, 2.24) is 5.32 Å². The number of nitrogens with one attached hydrogen (secondary N) is 1. The number of quaternary nitrogens is 1. The van der Waals surface area contributed by atoms with E-state index < -0.39 is 20.0 Å². The number of likely N-dealkylation sites (N-methyl/N-ethyl adjacent to an activating group) is 1.